The Kier molecular flexibility index (Phi) is 3.15. The van der Waals surface area contributed by atoms with Gasteiger partial charge in [0.2, 0.25) is 0 Å². The van der Waals surface area contributed by atoms with E-state index in [1.165, 1.54) is 11.3 Å². The summed E-state index contributed by atoms with van der Waals surface area (Å²) >= 11 is 7.17. The molecular weight excluding hydrogens is 234 g/mol. The van der Waals surface area contributed by atoms with Gasteiger partial charge in [-0.25, -0.2) is 0 Å². The van der Waals surface area contributed by atoms with Crippen LogP contribution in [0.2, 0.25) is 5.15 Å². The molecule has 0 radical (unpaired) electrons. The van der Waals surface area contributed by atoms with E-state index in [1.54, 1.807) is 24.5 Å². The molecule has 0 atom stereocenters. The number of nitrogens with zero attached hydrogens (tertiary/aromatic N) is 2. The fourth-order valence-corrected chi connectivity index (χ4v) is 2.01. The first kappa shape index (κ1) is 10.4. The van der Waals surface area contributed by atoms with E-state index in [2.05, 4.69) is 9.97 Å². The van der Waals surface area contributed by atoms with E-state index in [1.807, 2.05) is 0 Å². The van der Waals surface area contributed by atoms with Gasteiger partial charge in [0.15, 0.2) is 0 Å². The smallest absolute Gasteiger partial charge is 0.280 e. The minimum Gasteiger partial charge on any atom is -0.429 e. The largest absolute Gasteiger partial charge is 0.429 e. The first-order valence-electron chi connectivity index (χ1n) is 4.22. The fourth-order valence-electron chi connectivity index (χ4n) is 0.991. The number of thiazole rings is 1. The van der Waals surface area contributed by atoms with Crippen LogP contribution in [0.4, 0.5) is 0 Å². The fraction of sp³-hybridized carbons (Fsp3) is 0.111. The van der Waals surface area contributed by atoms with Crippen LogP contribution in [0.5, 0.6) is 10.9 Å². The number of pyridine rings is 1. The van der Waals surface area contributed by atoms with Crippen molar-refractivity contribution in [3.8, 4) is 10.9 Å². The Morgan fingerprint density at radius 2 is 2.40 bits per heavy atom. The molecule has 0 unspecified atom stereocenters. The lowest BCUT2D eigenvalue weighted by Crippen LogP contribution is -1.92. The number of aromatic nitrogens is 2. The second-order valence-corrected chi connectivity index (χ2v) is 4.09. The molecule has 0 amide bonds. The van der Waals surface area contributed by atoms with Crippen molar-refractivity contribution in [2.75, 3.05) is 0 Å². The highest BCUT2D eigenvalue weighted by molar-refractivity contribution is 7.14. The Bertz CT molecular complexity index is 446. The Balaban J connectivity index is 2.18. The van der Waals surface area contributed by atoms with Crippen LogP contribution in [0, 0.1) is 0 Å². The lowest BCUT2D eigenvalue weighted by molar-refractivity contribution is 0.476. The van der Waals surface area contributed by atoms with Crippen LogP contribution in [-0.2, 0) is 6.54 Å². The SMILES string of the molecule is NCc1sc(Oc2cccnc2)nc1Cl. The van der Waals surface area contributed by atoms with Crippen molar-refractivity contribution in [1.29, 1.82) is 0 Å². The molecule has 2 rings (SSSR count). The Morgan fingerprint density at radius 3 is 3.00 bits per heavy atom. The van der Waals surface area contributed by atoms with Crippen molar-refractivity contribution < 1.29 is 4.74 Å². The van der Waals surface area contributed by atoms with Crippen LogP contribution in [0.15, 0.2) is 24.5 Å². The van der Waals surface area contributed by atoms with Gasteiger partial charge < -0.3 is 10.5 Å². The van der Waals surface area contributed by atoms with Gasteiger partial charge in [-0.1, -0.05) is 22.9 Å². The van der Waals surface area contributed by atoms with Gasteiger partial charge in [-0.2, -0.15) is 4.98 Å². The number of ether oxygens (including phenoxy) is 1. The van der Waals surface area contributed by atoms with Gasteiger partial charge in [-0.05, 0) is 12.1 Å². The standard InChI is InChI=1S/C9H8ClN3OS/c10-8-7(4-11)15-9(13-8)14-6-2-1-3-12-5-6/h1-3,5H,4,11H2. The topological polar surface area (TPSA) is 61.0 Å². The van der Waals surface area contributed by atoms with Gasteiger partial charge in [0, 0.05) is 12.7 Å². The zero-order valence-corrected chi connectivity index (χ0v) is 9.26. The number of nitrogens with two attached hydrogens (primary N) is 1. The molecule has 78 valence electrons. The van der Waals surface area contributed by atoms with Crippen LogP contribution in [0.1, 0.15) is 4.88 Å². The minimum atomic E-state index is 0.368. The first-order chi connectivity index (χ1) is 7.29. The maximum absolute atomic E-state index is 5.83. The number of hydrogen-bond acceptors (Lipinski definition) is 5. The summed E-state index contributed by atoms with van der Waals surface area (Å²) in [5, 5.41) is 0.884. The molecule has 2 aromatic heterocycles. The van der Waals surface area contributed by atoms with Crippen molar-refractivity contribution in [2.45, 2.75) is 6.54 Å². The summed E-state index contributed by atoms with van der Waals surface area (Å²) in [5.74, 6) is 0.631. The Hall–Kier alpha value is -1.17. The van der Waals surface area contributed by atoms with Crippen molar-refractivity contribution in [1.82, 2.24) is 9.97 Å². The van der Waals surface area contributed by atoms with Crippen molar-refractivity contribution in [3.05, 3.63) is 34.6 Å². The van der Waals surface area contributed by atoms with Crippen LogP contribution >= 0.6 is 22.9 Å². The maximum atomic E-state index is 5.83. The molecule has 15 heavy (non-hydrogen) atoms. The van der Waals surface area contributed by atoms with Crippen LogP contribution < -0.4 is 10.5 Å². The predicted molar refractivity (Wildman–Crippen MR) is 59.3 cm³/mol. The molecule has 0 fully saturated rings. The van der Waals surface area contributed by atoms with Crippen LogP contribution in [0.25, 0.3) is 0 Å². The molecule has 2 heterocycles. The van der Waals surface area contributed by atoms with E-state index in [9.17, 15) is 0 Å². The summed E-state index contributed by atoms with van der Waals surface area (Å²) in [6.07, 6.45) is 3.28. The lowest BCUT2D eigenvalue weighted by atomic mass is 10.5. The average Bonchev–Trinajstić information content (AvgIpc) is 2.60. The monoisotopic (exact) mass is 241 g/mol. The molecule has 0 aliphatic rings. The van der Waals surface area contributed by atoms with E-state index in [4.69, 9.17) is 22.1 Å². The molecule has 0 aliphatic carbocycles. The molecule has 2 N–H and O–H groups in total. The average molecular weight is 242 g/mol. The molecule has 0 saturated heterocycles. The Labute approximate surface area is 95.7 Å². The summed E-state index contributed by atoms with van der Waals surface area (Å²) < 4.78 is 5.45. The van der Waals surface area contributed by atoms with Gasteiger partial charge >= 0.3 is 0 Å². The highest BCUT2D eigenvalue weighted by Crippen LogP contribution is 2.31. The van der Waals surface area contributed by atoms with E-state index in [0.29, 0.717) is 22.6 Å². The van der Waals surface area contributed by atoms with Crippen molar-refractivity contribution in [3.63, 3.8) is 0 Å². The van der Waals surface area contributed by atoms with Crippen molar-refractivity contribution in [2.24, 2.45) is 5.73 Å². The highest BCUT2D eigenvalue weighted by atomic mass is 35.5. The summed E-state index contributed by atoms with van der Waals surface area (Å²) in [4.78, 5) is 8.77. The molecule has 0 aromatic carbocycles. The summed E-state index contributed by atoms with van der Waals surface area (Å²) in [5.41, 5.74) is 5.48. The summed E-state index contributed by atoms with van der Waals surface area (Å²) in [7, 11) is 0. The molecule has 0 aliphatic heterocycles. The van der Waals surface area contributed by atoms with Crippen LogP contribution in [0.3, 0.4) is 0 Å². The van der Waals surface area contributed by atoms with E-state index < -0.39 is 0 Å². The summed E-state index contributed by atoms with van der Waals surface area (Å²) in [6, 6.07) is 3.58. The lowest BCUT2D eigenvalue weighted by Gasteiger charge is -1.98. The molecule has 6 heteroatoms. The zero-order valence-electron chi connectivity index (χ0n) is 7.68. The van der Waals surface area contributed by atoms with Crippen molar-refractivity contribution >= 4 is 22.9 Å². The van der Waals surface area contributed by atoms with Gasteiger partial charge in [0.05, 0.1) is 11.1 Å². The number of halogens is 1. The predicted octanol–water partition coefficient (Wildman–Crippen LogP) is 2.44. The molecule has 0 spiro atoms. The van der Waals surface area contributed by atoms with Gasteiger partial charge in [-0.3, -0.25) is 4.98 Å². The highest BCUT2D eigenvalue weighted by Gasteiger charge is 2.09. The summed E-state index contributed by atoms with van der Waals surface area (Å²) in [6.45, 7) is 0.368. The molecular formula is C9H8ClN3OS. The molecule has 2 aromatic rings. The third-order valence-corrected chi connectivity index (χ3v) is 3.04. The second kappa shape index (κ2) is 4.57. The second-order valence-electron chi connectivity index (χ2n) is 2.69. The van der Waals surface area contributed by atoms with E-state index in [-0.39, 0.29) is 0 Å². The molecule has 0 saturated carbocycles. The van der Waals surface area contributed by atoms with Crippen LogP contribution in [-0.4, -0.2) is 9.97 Å². The van der Waals surface area contributed by atoms with Gasteiger partial charge in [0.25, 0.3) is 5.19 Å². The number of hydrogen-bond donors (Lipinski definition) is 1. The van der Waals surface area contributed by atoms with Gasteiger partial charge in [0.1, 0.15) is 10.9 Å². The first-order valence-corrected chi connectivity index (χ1v) is 5.42. The van der Waals surface area contributed by atoms with E-state index >= 15 is 0 Å². The molecule has 4 nitrogen and oxygen atoms in total. The Morgan fingerprint density at radius 1 is 1.53 bits per heavy atom. The quantitative estimate of drug-likeness (QED) is 0.897. The third-order valence-electron chi connectivity index (χ3n) is 1.66. The third kappa shape index (κ3) is 2.44. The van der Waals surface area contributed by atoms with E-state index in [0.717, 1.165) is 4.88 Å². The minimum absolute atomic E-state index is 0.368. The van der Waals surface area contributed by atoms with Gasteiger partial charge in [-0.15, -0.1) is 0 Å². The normalized spacial score (nSPS) is 10.3. The molecule has 0 bridgehead atoms. The maximum Gasteiger partial charge on any atom is 0.280 e. The zero-order chi connectivity index (χ0) is 10.7. The number of rotatable bonds is 3.